The van der Waals surface area contributed by atoms with Gasteiger partial charge in [0.1, 0.15) is 11.9 Å². The van der Waals surface area contributed by atoms with Crippen LogP contribution in [0.4, 0.5) is 30.5 Å². The van der Waals surface area contributed by atoms with E-state index < -0.39 is 30.0 Å². The Hall–Kier alpha value is -3.98. The molecule has 4 rings (SSSR count). The second-order valence-electron chi connectivity index (χ2n) is 8.01. The van der Waals surface area contributed by atoms with Crippen molar-refractivity contribution < 1.29 is 33.4 Å². The fourth-order valence-corrected chi connectivity index (χ4v) is 4.42. The third-order valence-electron chi connectivity index (χ3n) is 5.50. The highest BCUT2D eigenvalue weighted by Crippen LogP contribution is 2.28. The maximum absolute atomic E-state index is 15.1. The molecule has 2 fully saturated rings. The van der Waals surface area contributed by atoms with Crippen molar-refractivity contribution in [3.8, 4) is 0 Å². The molecule has 0 saturated carbocycles. The monoisotopic (exact) mass is 521 g/mol. The number of aromatic carboxylic acids is 1. The highest BCUT2D eigenvalue weighted by Gasteiger charge is 2.33. The molecule has 2 aliphatic heterocycles. The maximum Gasteiger partial charge on any atom is 0.414 e. The SMILES string of the molecule is CC(=O)NC[C@H]1CN(c2ccc(N3CCNN(C(=O)Nc4nc(C(=O)O)cs4)CC3)c(F)c2)C(=O)O1. The molecule has 0 unspecified atom stereocenters. The topological polar surface area (TPSA) is 156 Å². The van der Waals surface area contributed by atoms with Crippen LogP contribution in [0.15, 0.2) is 23.6 Å². The number of carboxylic acids is 1. The van der Waals surface area contributed by atoms with Crippen molar-refractivity contribution in [3.63, 3.8) is 0 Å². The molecule has 0 radical (unpaired) electrons. The van der Waals surface area contributed by atoms with E-state index in [9.17, 15) is 19.2 Å². The number of benzene rings is 1. The van der Waals surface area contributed by atoms with E-state index in [-0.39, 0.29) is 36.4 Å². The summed E-state index contributed by atoms with van der Waals surface area (Å²) < 4.78 is 20.3. The van der Waals surface area contributed by atoms with Gasteiger partial charge in [-0.3, -0.25) is 20.0 Å². The highest BCUT2D eigenvalue weighted by atomic mass is 32.1. The van der Waals surface area contributed by atoms with Crippen LogP contribution in [0.5, 0.6) is 0 Å². The zero-order valence-corrected chi connectivity index (χ0v) is 20.0. The molecule has 3 heterocycles. The summed E-state index contributed by atoms with van der Waals surface area (Å²) in [5, 5.41) is 16.9. The second-order valence-corrected chi connectivity index (χ2v) is 8.87. The number of nitrogens with one attached hydrogen (secondary N) is 3. The lowest BCUT2D eigenvalue weighted by Gasteiger charge is -2.24. The number of halogens is 1. The number of hydrazine groups is 1. The molecule has 4 N–H and O–H groups in total. The Labute approximate surface area is 208 Å². The molecule has 2 aromatic rings. The van der Waals surface area contributed by atoms with Crippen molar-refractivity contribution in [2.45, 2.75) is 13.0 Å². The summed E-state index contributed by atoms with van der Waals surface area (Å²) in [5.74, 6) is -1.96. The van der Waals surface area contributed by atoms with E-state index in [1.165, 1.54) is 28.3 Å². The van der Waals surface area contributed by atoms with Crippen LogP contribution in [0, 0.1) is 5.82 Å². The highest BCUT2D eigenvalue weighted by molar-refractivity contribution is 7.14. The summed E-state index contributed by atoms with van der Waals surface area (Å²) in [5.41, 5.74) is 3.45. The van der Waals surface area contributed by atoms with Crippen LogP contribution in [-0.4, -0.2) is 84.5 Å². The molecule has 1 aromatic heterocycles. The van der Waals surface area contributed by atoms with Crippen LogP contribution >= 0.6 is 11.3 Å². The first-order chi connectivity index (χ1) is 17.2. The number of carboxylic acid groups (broad SMARTS) is 1. The van der Waals surface area contributed by atoms with E-state index in [4.69, 9.17) is 9.84 Å². The fourth-order valence-electron chi connectivity index (χ4n) is 3.75. The number of cyclic esters (lactones) is 1. The van der Waals surface area contributed by atoms with Crippen LogP contribution in [-0.2, 0) is 9.53 Å². The zero-order valence-electron chi connectivity index (χ0n) is 19.2. The summed E-state index contributed by atoms with van der Waals surface area (Å²) in [4.78, 5) is 53.7. The summed E-state index contributed by atoms with van der Waals surface area (Å²) in [6.07, 6.45) is -1.15. The predicted molar refractivity (Wildman–Crippen MR) is 128 cm³/mol. The van der Waals surface area contributed by atoms with Gasteiger partial charge in [0.2, 0.25) is 5.91 Å². The summed E-state index contributed by atoms with van der Waals surface area (Å²) in [7, 11) is 0. The first-order valence-corrected chi connectivity index (χ1v) is 11.9. The van der Waals surface area contributed by atoms with Crippen molar-refractivity contribution in [2.75, 3.05) is 54.4 Å². The van der Waals surface area contributed by atoms with E-state index in [0.29, 0.717) is 31.0 Å². The van der Waals surface area contributed by atoms with E-state index in [1.807, 2.05) is 0 Å². The largest absolute Gasteiger partial charge is 0.476 e. The van der Waals surface area contributed by atoms with Crippen molar-refractivity contribution >= 4 is 51.8 Å². The molecule has 13 nitrogen and oxygen atoms in total. The summed E-state index contributed by atoms with van der Waals surface area (Å²) in [6.45, 7) is 3.01. The molecule has 0 aliphatic carbocycles. The van der Waals surface area contributed by atoms with Crippen molar-refractivity contribution in [3.05, 3.63) is 35.1 Å². The lowest BCUT2D eigenvalue weighted by Crippen LogP contribution is -2.46. The molecule has 0 bridgehead atoms. The first-order valence-electron chi connectivity index (χ1n) is 11.0. The second kappa shape index (κ2) is 10.7. The van der Waals surface area contributed by atoms with Crippen LogP contribution in [0.1, 0.15) is 17.4 Å². The number of aromatic nitrogens is 1. The average Bonchev–Trinajstić information content (AvgIpc) is 3.36. The molecule has 2 saturated heterocycles. The Morgan fingerprint density at radius 1 is 1.31 bits per heavy atom. The minimum Gasteiger partial charge on any atom is -0.476 e. The number of anilines is 3. The molecule has 1 atom stereocenters. The molecule has 15 heteroatoms. The standard InChI is InChI=1S/C21H24FN7O6S/c1-12(30)23-9-14-10-28(21(34)35-14)13-2-3-17(15(22)8-13)27-5-4-24-29(7-6-27)20(33)26-19-25-16(11-36-19)18(31)32/h2-3,8,11,14,24H,4-7,9-10H2,1H3,(H,23,30)(H,31,32)(H,25,26,33)/t14-/m0/s1. The van der Waals surface area contributed by atoms with Crippen LogP contribution in [0.25, 0.3) is 0 Å². The minimum absolute atomic E-state index is 0.154. The van der Waals surface area contributed by atoms with Crippen molar-refractivity contribution in [1.82, 2.24) is 20.7 Å². The van der Waals surface area contributed by atoms with Crippen LogP contribution in [0.3, 0.4) is 0 Å². The van der Waals surface area contributed by atoms with E-state index in [0.717, 1.165) is 11.3 Å². The van der Waals surface area contributed by atoms with E-state index >= 15 is 4.39 Å². The van der Waals surface area contributed by atoms with E-state index in [2.05, 4.69) is 21.0 Å². The Morgan fingerprint density at radius 3 is 2.81 bits per heavy atom. The quantitative estimate of drug-likeness (QED) is 0.440. The third kappa shape index (κ3) is 5.80. The van der Waals surface area contributed by atoms with Crippen molar-refractivity contribution in [2.24, 2.45) is 0 Å². The predicted octanol–water partition coefficient (Wildman–Crippen LogP) is 1.30. The molecule has 0 spiro atoms. The van der Waals surface area contributed by atoms with Gasteiger partial charge in [-0.2, -0.15) is 0 Å². The van der Waals surface area contributed by atoms with Gasteiger partial charge < -0.3 is 20.1 Å². The number of nitrogens with zero attached hydrogens (tertiary/aromatic N) is 4. The minimum atomic E-state index is -1.19. The Balaban J connectivity index is 1.36. The van der Waals surface area contributed by atoms with Gasteiger partial charge in [0, 0.05) is 31.9 Å². The van der Waals surface area contributed by atoms with Gasteiger partial charge in [-0.15, -0.1) is 11.3 Å². The Morgan fingerprint density at radius 2 is 2.11 bits per heavy atom. The average molecular weight is 522 g/mol. The number of carbonyl (C=O) groups is 4. The smallest absolute Gasteiger partial charge is 0.414 e. The van der Waals surface area contributed by atoms with Crippen LogP contribution in [0.2, 0.25) is 0 Å². The van der Waals surface area contributed by atoms with Gasteiger partial charge in [-0.05, 0) is 18.2 Å². The van der Waals surface area contributed by atoms with Gasteiger partial charge in [0.05, 0.1) is 31.0 Å². The molecule has 1 aromatic carbocycles. The van der Waals surface area contributed by atoms with Gasteiger partial charge in [0.25, 0.3) is 0 Å². The molecule has 192 valence electrons. The number of urea groups is 1. The normalized spacial score (nSPS) is 18.0. The number of carbonyl (C=O) groups excluding carboxylic acids is 3. The van der Waals surface area contributed by atoms with Crippen LogP contribution < -0.4 is 25.9 Å². The maximum atomic E-state index is 15.1. The Kier molecular flexibility index (Phi) is 7.49. The van der Waals surface area contributed by atoms with Gasteiger partial charge in [-0.25, -0.2) is 29.2 Å². The van der Waals surface area contributed by atoms with Gasteiger partial charge in [0.15, 0.2) is 10.8 Å². The number of amides is 4. The molecule has 2 aliphatic rings. The number of hydrogen-bond acceptors (Lipinski definition) is 9. The first kappa shape index (κ1) is 25.1. The fraction of sp³-hybridized carbons (Fsp3) is 0.381. The third-order valence-corrected chi connectivity index (χ3v) is 6.25. The van der Waals surface area contributed by atoms with Crippen molar-refractivity contribution in [1.29, 1.82) is 0 Å². The molecule has 36 heavy (non-hydrogen) atoms. The summed E-state index contributed by atoms with van der Waals surface area (Å²) >= 11 is 0.997. The number of thiazole rings is 1. The molecule has 4 amide bonds. The number of rotatable bonds is 6. The molecular weight excluding hydrogens is 497 g/mol. The van der Waals surface area contributed by atoms with Gasteiger partial charge in [-0.1, -0.05) is 0 Å². The Bertz CT molecular complexity index is 1180. The number of ether oxygens (including phenoxy) is 1. The van der Waals surface area contributed by atoms with Gasteiger partial charge >= 0.3 is 18.1 Å². The molecular formula is C21H24FN7O6S. The lowest BCUT2D eigenvalue weighted by atomic mass is 10.2. The zero-order chi connectivity index (χ0) is 25.8. The number of hydrogen-bond donors (Lipinski definition) is 4. The lowest BCUT2D eigenvalue weighted by molar-refractivity contribution is -0.119. The summed E-state index contributed by atoms with van der Waals surface area (Å²) in [6, 6.07) is 3.92. The van der Waals surface area contributed by atoms with E-state index in [1.54, 1.807) is 17.0 Å².